The van der Waals surface area contributed by atoms with Crippen molar-refractivity contribution in [3.8, 4) is 5.69 Å². The molecule has 0 unspecified atom stereocenters. The first kappa shape index (κ1) is 12.9. The molecule has 2 aromatic rings. The Balaban J connectivity index is 2.54. The van der Waals surface area contributed by atoms with E-state index in [1.54, 1.807) is 0 Å². The number of ether oxygens (including phenoxy) is 1. The maximum atomic E-state index is 13.1. The number of esters is 1. The molecule has 0 fully saturated rings. The predicted octanol–water partition coefficient (Wildman–Crippen LogP) is 1.66. The molecule has 0 atom stereocenters. The Kier molecular flexibility index (Phi) is 3.16. The van der Waals surface area contributed by atoms with Gasteiger partial charge in [0.25, 0.3) is 0 Å². The largest absolute Gasteiger partial charge is 0.464 e. The average molecular weight is 271 g/mol. The third kappa shape index (κ3) is 2.12. The molecule has 2 rings (SSSR count). The highest BCUT2D eigenvalue weighted by atomic mass is 19.2. The minimum Gasteiger partial charge on any atom is -0.464 e. The Morgan fingerprint density at radius 1 is 1.32 bits per heavy atom. The van der Waals surface area contributed by atoms with Crippen LogP contribution in [0.25, 0.3) is 5.69 Å². The van der Waals surface area contributed by atoms with E-state index in [1.165, 1.54) is 0 Å². The number of anilines is 1. The molecule has 19 heavy (non-hydrogen) atoms. The number of methoxy groups -OCH3 is 1. The van der Waals surface area contributed by atoms with Gasteiger partial charge in [0.15, 0.2) is 23.1 Å². The molecule has 0 saturated carbocycles. The number of aromatic nitrogens is 2. The number of imidazole rings is 1. The molecule has 0 spiro atoms. The molecule has 0 aliphatic carbocycles. The van der Waals surface area contributed by atoms with Crippen molar-refractivity contribution in [3.63, 3.8) is 0 Å². The highest BCUT2D eigenvalue weighted by Crippen LogP contribution is 2.21. The lowest BCUT2D eigenvalue weighted by atomic mass is 10.3. The Morgan fingerprint density at radius 3 is 2.42 bits per heavy atom. The van der Waals surface area contributed by atoms with Gasteiger partial charge in [-0.3, -0.25) is 4.57 Å². The van der Waals surface area contributed by atoms with E-state index in [0.29, 0.717) is 0 Å². The van der Waals surface area contributed by atoms with Gasteiger partial charge in [0.1, 0.15) is 12.1 Å². The highest BCUT2D eigenvalue weighted by molar-refractivity contribution is 5.92. The zero-order valence-corrected chi connectivity index (χ0v) is 9.65. The molecular weight excluding hydrogens is 263 g/mol. The lowest BCUT2D eigenvalue weighted by molar-refractivity contribution is 0.0596. The van der Waals surface area contributed by atoms with Crippen LogP contribution < -0.4 is 5.73 Å². The summed E-state index contributed by atoms with van der Waals surface area (Å²) < 4.78 is 44.5. The number of carbonyl (C=O) groups excluding carboxylic acids is 1. The molecule has 1 aromatic heterocycles. The van der Waals surface area contributed by atoms with Crippen LogP contribution in [0, 0.1) is 17.5 Å². The number of nitrogens with two attached hydrogens (primary N) is 1. The van der Waals surface area contributed by atoms with Gasteiger partial charge in [0, 0.05) is 12.1 Å². The fraction of sp³-hybridized carbons (Fsp3) is 0.0909. The van der Waals surface area contributed by atoms with Crippen molar-refractivity contribution >= 4 is 11.8 Å². The standard InChI is InChI=1S/C11H8F3N3O2/c1-19-11(18)9-10(15)17(4-16-9)5-2-6(12)8(14)7(13)3-5/h2-4H,15H2,1H3. The van der Waals surface area contributed by atoms with Gasteiger partial charge < -0.3 is 10.5 Å². The molecular formula is C11H8F3N3O2. The molecule has 0 aliphatic rings. The molecule has 0 aliphatic heterocycles. The van der Waals surface area contributed by atoms with E-state index in [-0.39, 0.29) is 17.2 Å². The molecule has 0 amide bonds. The van der Waals surface area contributed by atoms with Gasteiger partial charge in [0.05, 0.1) is 12.8 Å². The van der Waals surface area contributed by atoms with Crippen LogP contribution in [0.2, 0.25) is 0 Å². The molecule has 2 N–H and O–H groups in total. The van der Waals surface area contributed by atoms with Gasteiger partial charge in [-0.05, 0) is 0 Å². The molecule has 100 valence electrons. The minimum absolute atomic E-state index is 0.100. The minimum atomic E-state index is -1.59. The SMILES string of the molecule is COC(=O)c1ncn(-c2cc(F)c(F)c(F)c2)c1N. The van der Waals surface area contributed by atoms with Crippen LogP contribution >= 0.6 is 0 Å². The van der Waals surface area contributed by atoms with Crippen LogP contribution in [0.15, 0.2) is 18.5 Å². The first-order valence-corrected chi connectivity index (χ1v) is 5.01. The smallest absolute Gasteiger partial charge is 0.360 e. The van der Waals surface area contributed by atoms with Crippen molar-refractivity contribution in [1.82, 2.24) is 9.55 Å². The van der Waals surface area contributed by atoms with E-state index in [0.717, 1.165) is 30.1 Å². The fourth-order valence-corrected chi connectivity index (χ4v) is 1.50. The normalized spacial score (nSPS) is 10.5. The summed E-state index contributed by atoms with van der Waals surface area (Å²) in [5.41, 5.74) is 5.31. The summed E-state index contributed by atoms with van der Waals surface area (Å²) in [6, 6.07) is 1.47. The van der Waals surface area contributed by atoms with Crippen LogP contribution in [-0.4, -0.2) is 22.6 Å². The number of rotatable bonds is 2. The van der Waals surface area contributed by atoms with Crippen molar-refractivity contribution in [1.29, 1.82) is 0 Å². The van der Waals surface area contributed by atoms with Gasteiger partial charge in [-0.1, -0.05) is 0 Å². The maximum Gasteiger partial charge on any atom is 0.360 e. The van der Waals surface area contributed by atoms with Gasteiger partial charge in [-0.2, -0.15) is 0 Å². The van der Waals surface area contributed by atoms with Crippen LogP contribution in [0.5, 0.6) is 0 Å². The number of nitrogen functional groups attached to an aromatic ring is 1. The van der Waals surface area contributed by atoms with Crippen molar-refractivity contribution in [2.75, 3.05) is 12.8 Å². The fourth-order valence-electron chi connectivity index (χ4n) is 1.50. The zero-order chi connectivity index (χ0) is 14.2. The van der Waals surface area contributed by atoms with E-state index in [1.807, 2.05) is 0 Å². The van der Waals surface area contributed by atoms with E-state index in [2.05, 4.69) is 9.72 Å². The number of hydrogen-bond acceptors (Lipinski definition) is 4. The Bertz CT molecular complexity index is 632. The molecule has 5 nitrogen and oxygen atoms in total. The molecule has 0 bridgehead atoms. The molecule has 0 radical (unpaired) electrons. The quantitative estimate of drug-likeness (QED) is 0.666. The van der Waals surface area contributed by atoms with E-state index in [9.17, 15) is 18.0 Å². The summed E-state index contributed by atoms with van der Waals surface area (Å²) in [5, 5.41) is 0. The van der Waals surface area contributed by atoms with Crippen LogP contribution in [0.3, 0.4) is 0 Å². The van der Waals surface area contributed by atoms with Crippen LogP contribution in [0.1, 0.15) is 10.5 Å². The lowest BCUT2D eigenvalue weighted by Crippen LogP contribution is -2.08. The molecule has 1 aromatic carbocycles. The second-order valence-electron chi connectivity index (χ2n) is 3.56. The van der Waals surface area contributed by atoms with E-state index in [4.69, 9.17) is 5.73 Å². The monoisotopic (exact) mass is 271 g/mol. The lowest BCUT2D eigenvalue weighted by Gasteiger charge is -2.06. The number of halogens is 3. The number of hydrogen-bond donors (Lipinski definition) is 1. The van der Waals surface area contributed by atoms with Gasteiger partial charge in [-0.15, -0.1) is 0 Å². The van der Waals surface area contributed by atoms with E-state index >= 15 is 0 Å². The van der Waals surface area contributed by atoms with Crippen LogP contribution in [-0.2, 0) is 4.74 Å². The van der Waals surface area contributed by atoms with Crippen LogP contribution in [0.4, 0.5) is 19.0 Å². The third-order valence-electron chi connectivity index (χ3n) is 2.43. The second kappa shape index (κ2) is 4.63. The maximum absolute atomic E-state index is 13.1. The predicted molar refractivity (Wildman–Crippen MR) is 59.2 cm³/mol. The van der Waals surface area contributed by atoms with Gasteiger partial charge >= 0.3 is 5.97 Å². The van der Waals surface area contributed by atoms with E-state index < -0.39 is 23.4 Å². The second-order valence-corrected chi connectivity index (χ2v) is 3.56. The molecule has 1 heterocycles. The first-order valence-electron chi connectivity index (χ1n) is 5.01. The highest BCUT2D eigenvalue weighted by Gasteiger charge is 2.19. The van der Waals surface area contributed by atoms with Crippen molar-refractivity contribution in [2.24, 2.45) is 0 Å². The summed E-state index contributed by atoms with van der Waals surface area (Å²) in [5.74, 6) is -5.29. The Labute approximate surface area is 105 Å². The first-order chi connectivity index (χ1) is 8.95. The topological polar surface area (TPSA) is 70.1 Å². The van der Waals surface area contributed by atoms with Gasteiger partial charge in [0.2, 0.25) is 0 Å². The number of carbonyl (C=O) groups is 1. The summed E-state index contributed by atoms with van der Waals surface area (Å²) in [4.78, 5) is 15.0. The summed E-state index contributed by atoms with van der Waals surface area (Å²) in [6.07, 6.45) is 1.08. The summed E-state index contributed by atoms with van der Waals surface area (Å²) in [6.45, 7) is 0. The summed E-state index contributed by atoms with van der Waals surface area (Å²) >= 11 is 0. The molecule has 8 heteroatoms. The molecule has 0 saturated heterocycles. The Morgan fingerprint density at radius 2 is 1.89 bits per heavy atom. The van der Waals surface area contributed by atoms with Gasteiger partial charge in [-0.25, -0.2) is 22.9 Å². The summed E-state index contributed by atoms with van der Waals surface area (Å²) in [7, 11) is 1.14. The number of nitrogens with zero attached hydrogens (tertiary/aromatic N) is 2. The zero-order valence-electron chi connectivity index (χ0n) is 9.65. The number of benzene rings is 1. The van der Waals surface area contributed by atoms with Crippen molar-refractivity contribution in [2.45, 2.75) is 0 Å². The van der Waals surface area contributed by atoms with Crippen molar-refractivity contribution in [3.05, 3.63) is 41.6 Å². The Hall–Kier alpha value is -2.51. The average Bonchev–Trinajstić information content (AvgIpc) is 2.76. The van der Waals surface area contributed by atoms with Crippen molar-refractivity contribution < 1.29 is 22.7 Å². The third-order valence-corrected chi connectivity index (χ3v) is 2.43.